The van der Waals surface area contributed by atoms with Gasteiger partial charge in [0.2, 0.25) is 0 Å². The number of nitrogen functional groups attached to an aromatic ring is 1. The fourth-order valence-electron chi connectivity index (χ4n) is 1.80. The van der Waals surface area contributed by atoms with E-state index >= 15 is 0 Å². The van der Waals surface area contributed by atoms with E-state index in [1.54, 1.807) is 0 Å². The Kier molecular flexibility index (Phi) is 3.93. The van der Waals surface area contributed by atoms with Crippen molar-refractivity contribution in [1.29, 1.82) is 0 Å². The van der Waals surface area contributed by atoms with Crippen LogP contribution in [0, 0.1) is 11.6 Å². The van der Waals surface area contributed by atoms with Crippen LogP contribution in [0.15, 0.2) is 30.3 Å². The summed E-state index contributed by atoms with van der Waals surface area (Å²) in [5, 5.41) is 2.65. The van der Waals surface area contributed by atoms with Crippen molar-refractivity contribution in [3.8, 4) is 5.75 Å². The van der Waals surface area contributed by atoms with E-state index < -0.39 is 17.5 Å². The molecule has 21 heavy (non-hydrogen) atoms. The van der Waals surface area contributed by atoms with Gasteiger partial charge >= 0.3 is 0 Å². The Balaban J connectivity index is 2.37. The molecule has 0 aliphatic rings. The molecule has 0 unspecified atom stereocenters. The molecule has 0 saturated heterocycles. The number of carbonyl (C=O) groups is 1. The summed E-state index contributed by atoms with van der Waals surface area (Å²) in [5.41, 5.74) is 10.8. The van der Waals surface area contributed by atoms with Gasteiger partial charge in [-0.1, -0.05) is 0 Å². The number of ether oxygens (including phenoxy) is 1. The maximum Gasteiger partial charge on any atom is 0.250 e. The lowest BCUT2D eigenvalue weighted by atomic mass is 10.1. The highest BCUT2D eigenvalue weighted by atomic mass is 19.1. The molecule has 2 rings (SSSR count). The predicted molar refractivity (Wildman–Crippen MR) is 75.6 cm³/mol. The number of anilines is 3. The smallest absolute Gasteiger partial charge is 0.250 e. The number of hydrogen-bond donors (Lipinski definition) is 3. The van der Waals surface area contributed by atoms with Crippen molar-refractivity contribution in [3.05, 3.63) is 47.5 Å². The van der Waals surface area contributed by atoms with Crippen LogP contribution in [0.1, 0.15) is 10.4 Å². The van der Waals surface area contributed by atoms with Crippen molar-refractivity contribution in [2.45, 2.75) is 0 Å². The highest BCUT2D eigenvalue weighted by molar-refractivity contribution is 5.99. The van der Waals surface area contributed by atoms with Gasteiger partial charge in [-0.2, -0.15) is 0 Å². The lowest BCUT2D eigenvalue weighted by Crippen LogP contribution is -2.14. The average Bonchev–Trinajstić information content (AvgIpc) is 2.41. The molecule has 0 aliphatic heterocycles. The molecule has 0 saturated carbocycles. The molecule has 2 aromatic rings. The second kappa shape index (κ2) is 5.66. The zero-order valence-corrected chi connectivity index (χ0v) is 11.1. The number of rotatable bonds is 4. The van der Waals surface area contributed by atoms with Crippen LogP contribution < -0.4 is 21.5 Å². The van der Waals surface area contributed by atoms with E-state index in [2.05, 4.69) is 5.32 Å². The molecule has 0 spiro atoms. The Bertz CT molecular complexity index is 705. The van der Waals surface area contributed by atoms with E-state index in [1.165, 1.54) is 25.3 Å². The zero-order valence-electron chi connectivity index (χ0n) is 11.1. The highest BCUT2D eigenvalue weighted by Gasteiger charge is 2.13. The van der Waals surface area contributed by atoms with E-state index in [1.807, 2.05) is 0 Å². The van der Waals surface area contributed by atoms with Crippen molar-refractivity contribution in [2.75, 3.05) is 18.2 Å². The zero-order chi connectivity index (χ0) is 15.6. The van der Waals surface area contributed by atoms with Crippen molar-refractivity contribution in [3.63, 3.8) is 0 Å². The third kappa shape index (κ3) is 3.02. The number of hydrogen-bond acceptors (Lipinski definition) is 4. The minimum Gasteiger partial charge on any atom is -0.494 e. The van der Waals surface area contributed by atoms with Gasteiger partial charge in [0.1, 0.15) is 5.82 Å². The molecule has 0 radical (unpaired) electrons. The maximum atomic E-state index is 13.8. The fraction of sp³-hybridized carbons (Fsp3) is 0.0714. The molecule has 0 aliphatic carbocycles. The van der Waals surface area contributed by atoms with Crippen molar-refractivity contribution >= 4 is 23.0 Å². The molecule has 2 aromatic carbocycles. The van der Waals surface area contributed by atoms with Crippen LogP contribution in [0.25, 0.3) is 0 Å². The standard InChI is InChI=1S/C14H13F2N3O2/c1-21-13-3-2-7(4-10(13)16)19-12-5-8(14(18)20)11(17)6-9(12)15/h2-6,19H,17H2,1H3,(H2,18,20). The van der Waals surface area contributed by atoms with Crippen molar-refractivity contribution in [2.24, 2.45) is 5.73 Å². The van der Waals surface area contributed by atoms with E-state index in [0.717, 1.165) is 12.1 Å². The van der Waals surface area contributed by atoms with Crippen LogP contribution >= 0.6 is 0 Å². The molecule has 5 N–H and O–H groups in total. The molecule has 7 heteroatoms. The molecule has 0 heterocycles. The summed E-state index contributed by atoms with van der Waals surface area (Å²) in [5.74, 6) is -2.00. The van der Waals surface area contributed by atoms with Gasteiger partial charge in [-0.25, -0.2) is 8.78 Å². The van der Waals surface area contributed by atoms with Crippen LogP contribution in [-0.4, -0.2) is 13.0 Å². The van der Waals surface area contributed by atoms with Gasteiger partial charge in [0.05, 0.1) is 18.4 Å². The molecular weight excluding hydrogens is 280 g/mol. The number of nitrogens with two attached hydrogens (primary N) is 2. The molecule has 0 fully saturated rings. The summed E-state index contributed by atoms with van der Waals surface area (Å²) in [4.78, 5) is 11.2. The lowest BCUT2D eigenvalue weighted by molar-refractivity contribution is 0.100. The normalized spacial score (nSPS) is 10.2. The number of halogens is 2. The van der Waals surface area contributed by atoms with Gasteiger partial charge in [-0.3, -0.25) is 4.79 Å². The summed E-state index contributed by atoms with van der Waals surface area (Å²) in [6.07, 6.45) is 0. The first-order chi connectivity index (χ1) is 9.92. The van der Waals surface area contributed by atoms with Crippen LogP contribution in [0.5, 0.6) is 5.75 Å². The first-order valence-corrected chi connectivity index (χ1v) is 5.91. The number of amides is 1. The molecule has 5 nitrogen and oxygen atoms in total. The molecule has 1 amide bonds. The number of benzene rings is 2. The minimum absolute atomic E-state index is 0.0205. The largest absolute Gasteiger partial charge is 0.494 e. The maximum absolute atomic E-state index is 13.8. The second-order valence-corrected chi connectivity index (χ2v) is 4.26. The first kappa shape index (κ1) is 14.6. The third-order valence-corrected chi connectivity index (χ3v) is 2.84. The first-order valence-electron chi connectivity index (χ1n) is 5.91. The SMILES string of the molecule is COc1ccc(Nc2cc(C(N)=O)c(N)cc2F)cc1F. The van der Waals surface area contributed by atoms with Gasteiger partial charge in [0, 0.05) is 17.4 Å². The number of primary amides is 1. The Labute approximate surface area is 119 Å². The number of carbonyl (C=O) groups excluding carboxylic acids is 1. The van der Waals surface area contributed by atoms with Crippen LogP contribution in [0.4, 0.5) is 25.8 Å². The van der Waals surface area contributed by atoms with Gasteiger partial charge in [0.25, 0.3) is 5.91 Å². The van der Waals surface area contributed by atoms with Crippen molar-refractivity contribution in [1.82, 2.24) is 0 Å². The molecule has 0 aromatic heterocycles. The van der Waals surface area contributed by atoms with Crippen molar-refractivity contribution < 1.29 is 18.3 Å². The Morgan fingerprint density at radius 1 is 1.19 bits per heavy atom. The fourth-order valence-corrected chi connectivity index (χ4v) is 1.80. The van der Waals surface area contributed by atoms with Gasteiger partial charge < -0.3 is 21.5 Å². The quantitative estimate of drug-likeness (QED) is 0.755. The summed E-state index contributed by atoms with van der Waals surface area (Å²) in [6, 6.07) is 6.18. The topological polar surface area (TPSA) is 90.4 Å². The summed E-state index contributed by atoms with van der Waals surface area (Å²) in [7, 11) is 1.34. The third-order valence-electron chi connectivity index (χ3n) is 2.84. The molecular formula is C14H13F2N3O2. The lowest BCUT2D eigenvalue weighted by Gasteiger charge is -2.11. The van der Waals surface area contributed by atoms with E-state index in [9.17, 15) is 13.6 Å². The van der Waals surface area contributed by atoms with Gasteiger partial charge in [-0.05, 0) is 24.3 Å². The Morgan fingerprint density at radius 2 is 1.90 bits per heavy atom. The van der Waals surface area contributed by atoms with Crippen LogP contribution in [0.2, 0.25) is 0 Å². The van der Waals surface area contributed by atoms with E-state index in [4.69, 9.17) is 16.2 Å². The van der Waals surface area contributed by atoms with Gasteiger partial charge in [0.15, 0.2) is 11.6 Å². The number of nitrogens with one attached hydrogen (secondary N) is 1. The van der Waals surface area contributed by atoms with E-state index in [0.29, 0.717) is 0 Å². The van der Waals surface area contributed by atoms with Gasteiger partial charge in [-0.15, -0.1) is 0 Å². The second-order valence-electron chi connectivity index (χ2n) is 4.26. The predicted octanol–water partition coefficient (Wildman–Crippen LogP) is 2.40. The summed E-state index contributed by atoms with van der Waals surface area (Å²) < 4.78 is 32.2. The Hall–Kier alpha value is -2.83. The molecule has 110 valence electrons. The molecule has 0 bridgehead atoms. The van der Waals surface area contributed by atoms with E-state index in [-0.39, 0.29) is 28.4 Å². The highest BCUT2D eigenvalue weighted by Crippen LogP contribution is 2.27. The monoisotopic (exact) mass is 293 g/mol. The van der Waals surface area contributed by atoms with Crippen LogP contribution in [0.3, 0.4) is 0 Å². The average molecular weight is 293 g/mol. The number of methoxy groups -OCH3 is 1. The Morgan fingerprint density at radius 3 is 2.48 bits per heavy atom. The molecule has 0 atom stereocenters. The minimum atomic E-state index is -0.781. The summed E-state index contributed by atoms with van der Waals surface area (Å²) in [6.45, 7) is 0. The van der Waals surface area contributed by atoms with Crippen LogP contribution in [-0.2, 0) is 0 Å². The summed E-state index contributed by atoms with van der Waals surface area (Å²) >= 11 is 0.